The van der Waals surface area contributed by atoms with Crippen molar-refractivity contribution in [2.75, 3.05) is 0 Å². The summed E-state index contributed by atoms with van der Waals surface area (Å²) < 4.78 is 5.16. The van der Waals surface area contributed by atoms with Crippen LogP contribution in [0.2, 0.25) is 0 Å². The fraction of sp³-hybridized carbons (Fsp3) is 0.778. The van der Waals surface area contributed by atoms with Gasteiger partial charge in [-0.05, 0) is 25.7 Å². The highest BCUT2D eigenvalue weighted by atomic mass is 16.5. The molecular weight excluding hydrogens is 152 g/mol. The van der Waals surface area contributed by atoms with Crippen molar-refractivity contribution >= 4 is 0 Å². The molecule has 3 nitrogen and oxygen atoms in total. The number of hydrogen-bond acceptors (Lipinski definition) is 3. The van der Waals surface area contributed by atoms with Gasteiger partial charge in [0.1, 0.15) is 0 Å². The highest BCUT2D eigenvalue weighted by Crippen LogP contribution is 2.38. The monoisotopic (exact) mass is 166 g/mol. The van der Waals surface area contributed by atoms with Crippen LogP contribution in [0.1, 0.15) is 43.8 Å². The molecule has 0 N–H and O–H groups in total. The van der Waals surface area contributed by atoms with Crippen LogP contribution in [0, 0.1) is 12.8 Å². The number of nitrogens with zero attached hydrogens (tertiary/aromatic N) is 2. The molecule has 2 rings (SSSR count). The number of rotatable bonds is 1. The molecule has 0 bridgehead atoms. The van der Waals surface area contributed by atoms with Crippen molar-refractivity contribution in [2.24, 2.45) is 5.92 Å². The largest absolute Gasteiger partial charge is 0.339 e. The van der Waals surface area contributed by atoms with E-state index in [1.54, 1.807) is 0 Å². The average molecular weight is 166 g/mol. The summed E-state index contributed by atoms with van der Waals surface area (Å²) in [6.45, 7) is 4.13. The van der Waals surface area contributed by atoms with E-state index in [9.17, 15) is 0 Å². The first kappa shape index (κ1) is 7.77. The summed E-state index contributed by atoms with van der Waals surface area (Å²) in [6, 6.07) is 0. The molecule has 0 aromatic carbocycles. The minimum absolute atomic E-state index is 0.520. The van der Waals surface area contributed by atoms with Crippen molar-refractivity contribution in [3.8, 4) is 0 Å². The van der Waals surface area contributed by atoms with E-state index in [4.69, 9.17) is 4.52 Å². The molecular formula is C9H14N2O. The van der Waals surface area contributed by atoms with Crippen molar-refractivity contribution in [3.05, 3.63) is 11.7 Å². The minimum Gasteiger partial charge on any atom is -0.339 e. The van der Waals surface area contributed by atoms with Crippen LogP contribution < -0.4 is 0 Å². The van der Waals surface area contributed by atoms with Gasteiger partial charge in [-0.25, -0.2) is 0 Å². The first-order valence-electron chi connectivity index (χ1n) is 4.57. The molecule has 0 spiro atoms. The molecule has 3 heteroatoms. The highest BCUT2D eigenvalue weighted by Gasteiger charge is 2.29. The molecule has 0 amide bonds. The van der Waals surface area contributed by atoms with E-state index in [0.29, 0.717) is 11.8 Å². The Kier molecular flexibility index (Phi) is 1.87. The van der Waals surface area contributed by atoms with E-state index in [2.05, 4.69) is 17.1 Å². The summed E-state index contributed by atoms with van der Waals surface area (Å²) in [5.74, 6) is 2.83. The van der Waals surface area contributed by atoms with Gasteiger partial charge in [-0.2, -0.15) is 4.98 Å². The van der Waals surface area contributed by atoms with E-state index in [0.717, 1.165) is 11.7 Å². The van der Waals surface area contributed by atoms with Gasteiger partial charge in [-0.15, -0.1) is 0 Å². The van der Waals surface area contributed by atoms with Gasteiger partial charge in [0.05, 0.1) is 0 Å². The second kappa shape index (κ2) is 2.88. The predicted molar refractivity (Wildman–Crippen MR) is 44.8 cm³/mol. The zero-order chi connectivity index (χ0) is 8.55. The molecule has 1 fully saturated rings. The third-order valence-electron chi connectivity index (χ3n) is 2.72. The molecule has 0 radical (unpaired) electrons. The first-order chi connectivity index (χ1) is 5.77. The quantitative estimate of drug-likeness (QED) is 0.642. The Morgan fingerprint density at radius 2 is 2.25 bits per heavy atom. The summed E-state index contributed by atoms with van der Waals surface area (Å²) in [4.78, 5) is 4.27. The Labute approximate surface area is 72.2 Å². The maximum absolute atomic E-state index is 5.16. The smallest absolute Gasteiger partial charge is 0.230 e. The fourth-order valence-corrected chi connectivity index (χ4v) is 1.98. The second-order valence-corrected chi connectivity index (χ2v) is 3.69. The van der Waals surface area contributed by atoms with Crippen LogP contribution >= 0.6 is 0 Å². The molecule has 2 unspecified atom stereocenters. The van der Waals surface area contributed by atoms with Crippen molar-refractivity contribution in [1.29, 1.82) is 0 Å². The molecule has 1 aliphatic rings. The Morgan fingerprint density at radius 3 is 2.75 bits per heavy atom. The van der Waals surface area contributed by atoms with E-state index in [1.807, 2.05) is 6.92 Å². The van der Waals surface area contributed by atoms with Gasteiger partial charge >= 0.3 is 0 Å². The third-order valence-corrected chi connectivity index (χ3v) is 2.72. The zero-order valence-electron chi connectivity index (χ0n) is 7.58. The van der Waals surface area contributed by atoms with E-state index in [1.165, 1.54) is 19.3 Å². The minimum atomic E-state index is 0.520. The summed E-state index contributed by atoms with van der Waals surface area (Å²) in [7, 11) is 0. The van der Waals surface area contributed by atoms with Crippen molar-refractivity contribution < 1.29 is 4.52 Å². The number of aryl methyl sites for hydroxylation is 1. The summed E-state index contributed by atoms with van der Waals surface area (Å²) >= 11 is 0. The lowest BCUT2D eigenvalue weighted by Gasteiger charge is -2.08. The number of hydrogen-bond donors (Lipinski definition) is 0. The van der Waals surface area contributed by atoms with Crippen LogP contribution in [0.3, 0.4) is 0 Å². The van der Waals surface area contributed by atoms with Gasteiger partial charge < -0.3 is 4.52 Å². The normalized spacial score (nSPS) is 29.5. The Bertz CT molecular complexity index is 269. The molecule has 1 heterocycles. The van der Waals surface area contributed by atoms with Crippen molar-refractivity contribution in [1.82, 2.24) is 10.1 Å². The Hall–Kier alpha value is -0.860. The van der Waals surface area contributed by atoms with Crippen molar-refractivity contribution in [3.63, 3.8) is 0 Å². The van der Waals surface area contributed by atoms with Crippen LogP contribution in [0.15, 0.2) is 4.52 Å². The van der Waals surface area contributed by atoms with Crippen LogP contribution in [0.5, 0.6) is 0 Å². The maximum Gasteiger partial charge on any atom is 0.230 e. The molecule has 2 atom stereocenters. The van der Waals surface area contributed by atoms with Crippen LogP contribution in [0.25, 0.3) is 0 Å². The third kappa shape index (κ3) is 1.24. The van der Waals surface area contributed by atoms with E-state index < -0.39 is 0 Å². The van der Waals surface area contributed by atoms with E-state index in [-0.39, 0.29) is 0 Å². The van der Waals surface area contributed by atoms with Gasteiger partial charge in [-0.1, -0.05) is 18.5 Å². The highest BCUT2D eigenvalue weighted by molar-refractivity contribution is 4.97. The van der Waals surface area contributed by atoms with Gasteiger partial charge in [0.25, 0.3) is 0 Å². The summed E-state index contributed by atoms with van der Waals surface area (Å²) in [5.41, 5.74) is 0. The van der Waals surface area contributed by atoms with Crippen LogP contribution in [0.4, 0.5) is 0 Å². The van der Waals surface area contributed by atoms with E-state index >= 15 is 0 Å². The Balaban J connectivity index is 2.19. The topological polar surface area (TPSA) is 38.9 Å². The fourth-order valence-electron chi connectivity index (χ4n) is 1.98. The Morgan fingerprint density at radius 1 is 1.42 bits per heavy atom. The first-order valence-corrected chi connectivity index (χ1v) is 4.57. The maximum atomic E-state index is 5.16. The van der Waals surface area contributed by atoms with Gasteiger partial charge in [0.15, 0.2) is 5.82 Å². The lowest BCUT2D eigenvalue weighted by molar-refractivity contribution is 0.329. The lowest BCUT2D eigenvalue weighted by Crippen LogP contribution is -2.01. The standard InChI is InChI=1S/C9H14N2O/c1-6-4-3-5-8(6)9-10-7(2)11-12-9/h6,8H,3-5H2,1-2H3. The molecule has 1 aromatic heterocycles. The molecule has 12 heavy (non-hydrogen) atoms. The van der Waals surface area contributed by atoms with Gasteiger partial charge in [0.2, 0.25) is 5.89 Å². The summed E-state index contributed by atoms with van der Waals surface area (Å²) in [6.07, 6.45) is 3.81. The number of aromatic nitrogens is 2. The molecule has 1 aromatic rings. The molecule has 0 aliphatic heterocycles. The average Bonchev–Trinajstić information content (AvgIpc) is 2.58. The summed E-state index contributed by atoms with van der Waals surface area (Å²) in [5, 5.41) is 3.81. The zero-order valence-corrected chi connectivity index (χ0v) is 7.58. The molecule has 66 valence electrons. The van der Waals surface area contributed by atoms with Crippen molar-refractivity contribution in [2.45, 2.75) is 39.0 Å². The second-order valence-electron chi connectivity index (χ2n) is 3.69. The molecule has 1 aliphatic carbocycles. The SMILES string of the molecule is Cc1noc(C2CCCC2C)n1. The van der Waals surface area contributed by atoms with Gasteiger partial charge in [-0.3, -0.25) is 0 Å². The molecule has 1 saturated carbocycles. The van der Waals surface area contributed by atoms with Crippen LogP contribution in [-0.4, -0.2) is 10.1 Å². The predicted octanol–water partition coefficient (Wildman–Crippen LogP) is 2.28. The lowest BCUT2D eigenvalue weighted by atomic mass is 9.98. The molecule has 0 saturated heterocycles. The van der Waals surface area contributed by atoms with Crippen LogP contribution in [-0.2, 0) is 0 Å². The van der Waals surface area contributed by atoms with Gasteiger partial charge in [0, 0.05) is 5.92 Å².